The Labute approximate surface area is 82.0 Å². The Morgan fingerprint density at radius 3 is 2.57 bits per heavy atom. The molecule has 0 bridgehead atoms. The topological polar surface area (TPSA) is 43.1 Å². The van der Waals surface area contributed by atoms with Gasteiger partial charge in [0.1, 0.15) is 0 Å². The van der Waals surface area contributed by atoms with Gasteiger partial charge in [-0.05, 0) is 11.6 Å². The minimum Gasteiger partial charge on any atom is -0.262 e. The molecule has 0 heterocycles. The lowest BCUT2D eigenvalue weighted by Crippen LogP contribution is -2.34. The predicted molar refractivity (Wildman–Crippen MR) is 43.5 cm³/mol. The predicted octanol–water partition coefficient (Wildman–Crippen LogP) is 2.65. The van der Waals surface area contributed by atoms with Crippen LogP contribution < -0.4 is 0 Å². The SMILES string of the molecule is O=[N+]([O-])C1(Cl)C=CC=C(C(F)(F)F)C1. The summed E-state index contributed by atoms with van der Waals surface area (Å²) in [4.78, 5) is 7.27. The van der Waals surface area contributed by atoms with Crippen molar-refractivity contribution in [3.8, 4) is 0 Å². The van der Waals surface area contributed by atoms with Crippen LogP contribution in [0, 0.1) is 10.1 Å². The smallest absolute Gasteiger partial charge is 0.262 e. The molecule has 0 aromatic carbocycles. The molecule has 1 atom stereocenters. The van der Waals surface area contributed by atoms with E-state index in [9.17, 15) is 23.3 Å². The first-order valence-corrected chi connectivity index (χ1v) is 3.92. The van der Waals surface area contributed by atoms with Crippen molar-refractivity contribution in [1.29, 1.82) is 0 Å². The quantitative estimate of drug-likeness (QED) is 0.299. The molecule has 14 heavy (non-hydrogen) atoms. The number of halogens is 4. The van der Waals surface area contributed by atoms with Crippen LogP contribution >= 0.6 is 11.6 Å². The number of allylic oxidation sites excluding steroid dienone is 2. The molecule has 0 aromatic heterocycles. The van der Waals surface area contributed by atoms with Gasteiger partial charge in [0.05, 0.1) is 6.42 Å². The van der Waals surface area contributed by atoms with Gasteiger partial charge in [0, 0.05) is 16.6 Å². The maximum absolute atomic E-state index is 12.2. The molecule has 3 nitrogen and oxygen atoms in total. The standard InChI is InChI=1S/C7H5ClF3NO2/c8-6(12(13)14)3-1-2-5(4-6)7(9,10)11/h1-3H,4H2. The molecule has 1 rings (SSSR count). The third-order valence-electron chi connectivity index (χ3n) is 1.76. The van der Waals surface area contributed by atoms with Crippen molar-refractivity contribution in [2.24, 2.45) is 0 Å². The lowest BCUT2D eigenvalue weighted by Gasteiger charge is -2.20. The van der Waals surface area contributed by atoms with E-state index < -0.39 is 28.1 Å². The van der Waals surface area contributed by atoms with E-state index in [1.807, 2.05) is 0 Å². The summed E-state index contributed by atoms with van der Waals surface area (Å²) in [6.07, 6.45) is -2.75. The monoisotopic (exact) mass is 227 g/mol. The van der Waals surface area contributed by atoms with E-state index >= 15 is 0 Å². The van der Waals surface area contributed by atoms with Gasteiger partial charge in [0.15, 0.2) is 0 Å². The number of hydrogen-bond donors (Lipinski definition) is 0. The van der Waals surface area contributed by atoms with Crippen molar-refractivity contribution in [1.82, 2.24) is 0 Å². The average Bonchev–Trinajstić information content (AvgIpc) is 2.02. The highest BCUT2D eigenvalue weighted by Crippen LogP contribution is 2.38. The van der Waals surface area contributed by atoms with Gasteiger partial charge in [-0.25, -0.2) is 0 Å². The number of rotatable bonds is 1. The van der Waals surface area contributed by atoms with Crippen LogP contribution in [-0.4, -0.2) is 16.1 Å². The second kappa shape index (κ2) is 3.27. The van der Waals surface area contributed by atoms with Gasteiger partial charge in [0.25, 0.3) is 0 Å². The second-order valence-corrected chi connectivity index (χ2v) is 3.46. The zero-order chi connectivity index (χ0) is 11.0. The lowest BCUT2D eigenvalue weighted by molar-refractivity contribution is -0.528. The zero-order valence-corrected chi connectivity index (χ0v) is 7.47. The molecule has 1 aliphatic carbocycles. The third kappa shape index (κ3) is 2.06. The van der Waals surface area contributed by atoms with Gasteiger partial charge < -0.3 is 0 Å². The summed E-state index contributed by atoms with van der Waals surface area (Å²) in [6.45, 7) is 0. The van der Waals surface area contributed by atoms with Crippen molar-refractivity contribution < 1.29 is 18.1 Å². The van der Waals surface area contributed by atoms with Gasteiger partial charge >= 0.3 is 11.2 Å². The third-order valence-corrected chi connectivity index (χ3v) is 2.15. The molecule has 0 saturated heterocycles. The maximum Gasteiger partial charge on any atom is 0.413 e. The van der Waals surface area contributed by atoms with Gasteiger partial charge in [-0.2, -0.15) is 13.2 Å². The van der Waals surface area contributed by atoms with E-state index in [0.29, 0.717) is 0 Å². The van der Waals surface area contributed by atoms with Crippen LogP contribution in [0.1, 0.15) is 6.42 Å². The molecule has 0 amide bonds. The van der Waals surface area contributed by atoms with Crippen LogP contribution in [0.15, 0.2) is 23.8 Å². The minimum atomic E-state index is -4.57. The normalized spacial score (nSPS) is 27.3. The number of nitro groups is 1. The van der Waals surface area contributed by atoms with Crippen LogP contribution in [0.3, 0.4) is 0 Å². The Morgan fingerprint density at radius 1 is 1.57 bits per heavy atom. The molecule has 0 spiro atoms. The maximum atomic E-state index is 12.2. The van der Waals surface area contributed by atoms with Gasteiger partial charge in [-0.15, -0.1) is 0 Å². The van der Waals surface area contributed by atoms with E-state index in [1.54, 1.807) is 0 Å². The second-order valence-electron chi connectivity index (χ2n) is 2.80. The summed E-state index contributed by atoms with van der Waals surface area (Å²) in [6, 6.07) is 0. The Balaban J connectivity index is 2.95. The molecule has 1 aliphatic rings. The van der Waals surface area contributed by atoms with Gasteiger partial charge in [-0.1, -0.05) is 12.2 Å². The summed E-state index contributed by atoms with van der Waals surface area (Å²) >= 11 is 5.38. The van der Waals surface area contributed by atoms with Crippen molar-refractivity contribution in [2.75, 3.05) is 0 Å². The first-order valence-electron chi connectivity index (χ1n) is 3.55. The van der Waals surface area contributed by atoms with E-state index in [2.05, 4.69) is 0 Å². The molecule has 0 N–H and O–H groups in total. The van der Waals surface area contributed by atoms with Crippen LogP contribution in [0.5, 0.6) is 0 Å². The Bertz CT molecular complexity index is 323. The fourth-order valence-corrected chi connectivity index (χ4v) is 1.23. The van der Waals surface area contributed by atoms with Crippen molar-refractivity contribution >= 4 is 11.6 Å². The Kier molecular flexibility index (Phi) is 2.58. The molecule has 0 fully saturated rings. The van der Waals surface area contributed by atoms with E-state index in [0.717, 1.165) is 18.2 Å². The van der Waals surface area contributed by atoms with E-state index in [1.165, 1.54) is 0 Å². The summed E-state index contributed by atoms with van der Waals surface area (Å²) in [5.74, 6) is 0. The lowest BCUT2D eigenvalue weighted by atomic mass is 10.00. The fourth-order valence-electron chi connectivity index (χ4n) is 1.02. The van der Waals surface area contributed by atoms with Crippen molar-refractivity contribution in [3.63, 3.8) is 0 Å². The molecule has 7 heteroatoms. The summed E-state index contributed by atoms with van der Waals surface area (Å²) in [7, 11) is 0. The highest BCUT2D eigenvalue weighted by molar-refractivity contribution is 6.24. The molecular weight excluding hydrogens is 223 g/mol. The number of alkyl halides is 4. The summed E-state index contributed by atoms with van der Waals surface area (Å²) in [5, 5.41) is 10.4. The number of hydrogen-bond acceptors (Lipinski definition) is 2. The van der Waals surface area contributed by atoms with E-state index in [-0.39, 0.29) is 0 Å². The molecule has 0 radical (unpaired) electrons. The summed E-state index contributed by atoms with van der Waals surface area (Å²) < 4.78 is 36.5. The zero-order valence-electron chi connectivity index (χ0n) is 6.71. The van der Waals surface area contributed by atoms with Crippen LogP contribution in [0.25, 0.3) is 0 Å². The average molecular weight is 228 g/mol. The first kappa shape index (κ1) is 11.0. The highest BCUT2D eigenvalue weighted by atomic mass is 35.5. The number of nitrogens with zero attached hydrogens (tertiary/aromatic N) is 1. The molecule has 0 aliphatic heterocycles. The van der Waals surface area contributed by atoms with Crippen molar-refractivity contribution in [3.05, 3.63) is 33.9 Å². The summed E-state index contributed by atoms with van der Waals surface area (Å²) in [5.41, 5.74) is -0.994. The Hall–Kier alpha value is -1.04. The van der Waals surface area contributed by atoms with Crippen LogP contribution in [0.4, 0.5) is 13.2 Å². The van der Waals surface area contributed by atoms with Crippen LogP contribution in [-0.2, 0) is 0 Å². The largest absolute Gasteiger partial charge is 0.413 e. The highest BCUT2D eigenvalue weighted by Gasteiger charge is 2.46. The molecule has 0 saturated carbocycles. The molecule has 0 aromatic rings. The van der Waals surface area contributed by atoms with Gasteiger partial charge in [-0.3, -0.25) is 10.1 Å². The van der Waals surface area contributed by atoms with Crippen molar-refractivity contribution in [2.45, 2.75) is 17.6 Å². The first-order chi connectivity index (χ1) is 6.26. The minimum absolute atomic E-state index is 0.782. The molecule has 1 unspecified atom stereocenters. The fraction of sp³-hybridized carbons (Fsp3) is 0.429. The molecule has 78 valence electrons. The Morgan fingerprint density at radius 2 is 2.14 bits per heavy atom. The van der Waals surface area contributed by atoms with E-state index in [4.69, 9.17) is 11.6 Å². The van der Waals surface area contributed by atoms with Gasteiger partial charge in [0.2, 0.25) is 0 Å². The van der Waals surface area contributed by atoms with Crippen LogP contribution in [0.2, 0.25) is 0 Å². The molecular formula is C7H5ClF3NO2.